The van der Waals surface area contributed by atoms with Crippen molar-refractivity contribution in [2.24, 2.45) is 5.73 Å². The van der Waals surface area contributed by atoms with E-state index in [4.69, 9.17) is 18.0 Å². The topological polar surface area (TPSA) is 76.3 Å². The summed E-state index contributed by atoms with van der Waals surface area (Å²) in [4.78, 5) is 4.35. The minimum absolute atomic E-state index is 0.103. The number of nitrogens with two attached hydrogens (primary N) is 1. The largest absolute Gasteiger partial charge is 0.393 e. The monoisotopic (exact) mass is 305 g/mol. The summed E-state index contributed by atoms with van der Waals surface area (Å²) in [6.45, 7) is 2.15. The van der Waals surface area contributed by atoms with Crippen molar-refractivity contribution in [1.82, 2.24) is 9.29 Å². The van der Waals surface area contributed by atoms with Crippen molar-refractivity contribution in [1.29, 1.82) is 0 Å². The molecule has 18 heavy (non-hydrogen) atoms. The smallest absolute Gasteiger partial charge is 0.254 e. The molecule has 1 heterocycles. The average molecular weight is 305 g/mol. The normalized spacial score (nSPS) is 16.1. The summed E-state index contributed by atoms with van der Waals surface area (Å²) in [6.07, 6.45) is 3.66. The molecule has 1 aromatic heterocycles. The molecule has 2 N–H and O–H groups in total. The van der Waals surface area contributed by atoms with Crippen LogP contribution in [-0.4, -0.2) is 35.3 Å². The Morgan fingerprint density at radius 3 is 2.78 bits per heavy atom. The fourth-order valence-electron chi connectivity index (χ4n) is 1.66. The Labute approximate surface area is 116 Å². The summed E-state index contributed by atoms with van der Waals surface area (Å²) in [7, 11) is -3.44. The van der Waals surface area contributed by atoms with Crippen LogP contribution in [0.15, 0.2) is 10.4 Å². The van der Waals surface area contributed by atoms with Crippen molar-refractivity contribution in [2.75, 3.05) is 6.54 Å². The van der Waals surface area contributed by atoms with Crippen LogP contribution in [-0.2, 0) is 10.0 Å². The Morgan fingerprint density at radius 1 is 1.67 bits per heavy atom. The van der Waals surface area contributed by atoms with Gasteiger partial charge in [0.15, 0.2) is 4.21 Å². The van der Waals surface area contributed by atoms with E-state index < -0.39 is 10.0 Å². The van der Waals surface area contributed by atoms with E-state index in [0.717, 1.165) is 17.8 Å². The first-order valence-electron chi connectivity index (χ1n) is 5.64. The number of hydrogen-bond donors (Lipinski definition) is 1. The number of aromatic nitrogens is 1. The maximum absolute atomic E-state index is 12.5. The number of sulfonamides is 1. The molecule has 0 unspecified atom stereocenters. The first-order valence-corrected chi connectivity index (χ1v) is 8.30. The molecule has 0 aromatic carbocycles. The zero-order valence-electron chi connectivity index (χ0n) is 10.00. The van der Waals surface area contributed by atoms with Gasteiger partial charge in [0.25, 0.3) is 10.0 Å². The minimum Gasteiger partial charge on any atom is -0.393 e. The van der Waals surface area contributed by atoms with Crippen LogP contribution in [0.1, 0.15) is 24.3 Å². The van der Waals surface area contributed by atoms with Gasteiger partial charge in [0.2, 0.25) is 0 Å². The molecule has 5 nitrogen and oxygen atoms in total. The Kier molecular flexibility index (Phi) is 4.00. The van der Waals surface area contributed by atoms with Gasteiger partial charge in [-0.3, -0.25) is 0 Å². The van der Waals surface area contributed by atoms with Gasteiger partial charge in [-0.25, -0.2) is 13.4 Å². The molecule has 1 aromatic rings. The third-order valence-electron chi connectivity index (χ3n) is 2.70. The van der Waals surface area contributed by atoms with Crippen LogP contribution in [0.2, 0.25) is 0 Å². The average Bonchev–Trinajstić information content (AvgIpc) is 2.99. The van der Waals surface area contributed by atoms with E-state index in [2.05, 4.69) is 4.98 Å². The van der Waals surface area contributed by atoms with Crippen molar-refractivity contribution < 1.29 is 8.42 Å². The standard InChI is InChI=1S/C10H15N3O2S3/c1-7-12-6-10(17-7)18(14,15)13(8-2-3-8)5-4-9(11)16/h6,8H,2-5H2,1H3,(H2,11,16). The van der Waals surface area contributed by atoms with Crippen LogP contribution in [0.3, 0.4) is 0 Å². The third kappa shape index (κ3) is 3.05. The molecule has 1 fully saturated rings. The lowest BCUT2D eigenvalue weighted by Gasteiger charge is -2.20. The Bertz CT molecular complexity index is 548. The molecule has 0 spiro atoms. The highest BCUT2D eigenvalue weighted by atomic mass is 32.2. The maximum atomic E-state index is 12.5. The van der Waals surface area contributed by atoms with Gasteiger partial charge in [-0.2, -0.15) is 4.31 Å². The fourth-order valence-corrected chi connectivity index (χ4v) is 4.67. The molecular formula is C10H15N3O2S3. The molecule has 1 aliphatic carbocycles. The Hall–Kier alpha value is -0.570. The van der Waals surface area contributed by atoms with E-state index in [0.29, 0.717) is 22.2 Å². The summed E-state index contributed by atoms with van der Waals surface area (Å²) in [6, 6.07) is 0.103. The zero-order chi connectivity index (χ0) is 13.3. The second-order valence-electron chi connectivity index (χ2n) is 4.26. The van der Waals surface area contributed by atoms with Gasteiger partial charge in [-0.15, -0.1) is 11.3 Å². The number of hydrogen-bond acceptors (Lipinski definition) is 5. The molecule has 1 saturated carbocycles. The quantitative estimate of drug-likeness (QED) is 0.801. The molecule has 0 radical (unpaired) electrons. The molecule has 0 aliphatic heterocycles. The van der Waals surface area contributed by atoms with Crippen LogP contribution in [0.5, 0.6) is 0 Å². The van der Waals surface area contributed by atoms with Gasteiger partial charge in [-0.05, 0) is 19.8 Å². The van der Waals surface area contributed by atoms with Crippen molar-refractivity contribution >= 4 is 38.6 Å². The van der Waals surface area contributed by atoms with Gasteiger partial charge in [0.1, 0.15) is 0 Å². The summed E-state index contributed by atoms with van der Waals surface area (Å²) in [5.74, 6) is 0. The van der Waals surface area contributed by atoms with Gasteiger partial charge < -0.3 is 5.73 Å². The van der Waals surface area contributed by atoms with E-state index >= 15 is 0 Å². The molecular weight excluding hydrogens is 290 g/mol. The third-order valence-corrected chi connectivity index (χ3v) is 6.20. The van der Waals surface area contributed by atoms with Crippen LogP contribution < -0.4 is 5.73 Å². The van der Waals surface area contributed by atoms with Gasteiger partial charge in [0, 0.05) is 19.0 Å². The first kappa shape index (κ1) is 13.9. The molecule has 0 bridgehead atoms. The number of rotatable bonds is 6. The second-order valence-corrected chi connectivity index (χ2v) is 8.14. The van der Waals surface area contributed by atoms with E-state index in [-0.39, 0.29) is 6.04 Å². The molecule has 2 rings (SSSR count). The Balaban J connectivity index is 2.21. The van der Waals surface area contributed by atoms with Crippen LogP contribution in [0.25, 0.3) is 0 Å². The summed E-state index contributed by atoms with van der Waals surface area (Å²) in [5.41, 5.74) is 5.45. The number of thiocarbonyl (C=S) groups is 1. The van der Waals surface area contributed by atoms with E-state index in [1.165, 1.54) is 21.8 Å². The Morgan fingerprint density at radius 2 is 2.33 bits per heavy atom. The SMILES string of the molecule is Cc1ncc(S(=O)(=O)N(CCC(N)=S)C2CC2)s1. The summed E-state index contributed by atoms with van der Waals surface area (Å²) in [5, 5.41) is 0.749. The second kappa shape index (κ2) is 5.20. The molecule has 1 aliphatic rings. The van der Waals surface area contributed by atoms with Crippen LogP contribution in [0, 0.1) is 6.92 Å². The van der Waals surface area contributed by atoms with E-state index in [1.807, 2.05) is 0 Å². The lowest BCUT2D eigenvalue weighted by atomic mass is 10.4. The van der Waals surface area contributed by atoms with Crippen molar-refractivity contribution in [3.8, 4) is 0 Å². The first-order chi connectivity index (χ1) is 8.41. The van der Waals surface area contributed by atoms with Crippen molar-refractivity contribution in [3.63, 3.8) is 0 Å². The number of nitrogens with zero attached hydrogens (tertiary/aromatic N) is 2. The van der Waals surface area contributed by atoms with Crippen molar-refractivity contribution in [2.45, 2.75) is 36.4 Å². The van der Waals surface area contributed by atoms with Crippen molar-refractivity contribution in [3.05, 3.63) is 11.2 Å². The lowest BCUT2D eigenvalue weighted by Crippen LogP contribution is -2.35. The highest BCUT2D eigenvalue weighted by molar-refractivity contribution is 7.91. The molecule has 100 valence electrons. The summed E-state index contributed by atoms with van der Waals surface area (Å²) >= 11 is 6.01. The minimum atomic E-state index is -3.44. The zero-order valence-corrected chi connectivity index (χ0v) is 12.4. The molecule has 8 heteroatoms. The predicted octanol–water partition coefficient (Wildman–Crippen LogP) is 1.28. The lowest BCUT2D eigenvalue weighted by molar-refractivity contribution is 0.414. The predicted molar refractivity (Wildman–Crippen MR) is 75.2 cm³/mol. The van der Waals surface area contributed by atoms with Crippen LogP contribution in [0.4, 0.5) is 0 Å². The number of thiazole rings is 1. The highest BCUT2D eigenvalue weighted by Gasteiger charge is 2.38. The van der Waals surface area contributed by atoms with E-state index in [9.17, 15) is 8.42 Å². The van der Waals surface area contributed by atoms with Gasteiger partial charge in [0.05, 0.1) is 16.2 Å². The molecule has 0 saturated heterocycles. The summed E-state index contributed by atoms with van der Waals surface area (Å²) < 4.78 is 26.7. The highest BCUT2D eigenvalue weighted by Crippen LogP contribution is 2.33. The van der Waals surface area contributed by atoms with Crippen LogP contribution >= 0.6 is 23.6 Å². The number of aryl methyl sites for hydroxylation is 1. The van der Waals surface area contributed by atoms with Gasteiger partial charge in [-0.1, -0.05) is 12.2 Å². The van der Waals surface area contributed by atoms with E-state index in [1.54, 1.807) is 6.92 Å². The molecule has 0 atom stereocenters. The molecule has 0 amide bonds. The maximum Gasteiger partial charge on any atom is 0.254 e. The fraction of sp³-hybridized carbons (Fsp3) is 0.600. The van der Waals surface area contributed by atoms with Gasteiger partial charge >= 0.3 is 0 Å².